The number of aryl methyl sites for hydroxylation is 1. The quantitative estimate of drug-likeness (QED) is 0.115. The highest BCUT2D eigenvalue weighted by Gasteiger charge is 2.29. The molecule has 2 aromatic rings. The van der Waals surface area contributed by atoms with Gasteiger partial charge in [0.15, 0.2) is 12.2 Å². The molecule has 42 heavy (non-hydrogen) atoms. The standard InChI is InChI=1S/C25H39N5O2.C4H6O6/c1-5-6-7-14-27-24-22(19(2)28-25(26)29-24)17-20-10-12-21(13-11-20)18-23(31)32-16-9-8-15-30(3)4;5-1(3(7)8)2(6)4(9)10/h10-13H,5-9,14-18H2,1-4H3,(H3,26,27,28,29);1-2,5-6H,(H,7,8)(H,9,10)/t;1-,2-/m.1/s1. The molecule has 13 heteroatoms. The number of nitrogens with one attached hydrogen (secondary N) is 1. The minimum Gasteiger partial charge on any atom is -0.479 e. The van der Waals surface area contributed by atoms with Crippen LogP contribution in [-0.2, 0) is 32.0 Å². The number of aliphatic carboxylic acids is 2. The van der Waals surface area contributed by atoms with Crippen molar-refractivity contribution in [1.82, 2.24) is 14.9 Å². The number of nitrogens with zero attached hydrogens (tertiary/aromatic N) is 3. The number of carboxylic acid groups (broad SMARTS) is 2. The molecule has 0 bridgehead atoms. The first-order chi connectivity index (χ1) is 19.8. The number of carbonyl (C=O) groups is 3. The minimum atomic E-state index is -2.27. The van der Waals surface area contributed by atoms with Crippen LogP contribution >= 0.6 is 0 Å². The van der Waals surface area contributed by atoms with E-state index in [1.54, 1.807) is 0 Å². The number of esters is 1. The molecular formula is C29H45N5O8. The van der Waals surface area contributed by atoms with Crippen LogP contribution in [0.3, 0.4) is 0 Å². The smallest absolute Gasteiger partial charge is 0.335 e. The molecule has 0 fully saturated rings. The van der Waals surface area contributed by atoms with Crippen LogP contribution in [0.1, 0.15) is 61.4 Å². The monoisotopic (exact) mass is 591 g/mol. The molecule has 0 saturated carbocycles. The first kappa shape index (κ1) is 36.2. The molecule has 0 unspecified atom stereocenters. The van der Waals surface area contributed by atoms with E-state index in [1.165, 1.54) is 12.8 Å². The molecule has 0 aliphatic carbocycles. The van der Waals surface area contributed by atoms with Crippen molar-refractivity contribution < 1.29 is 39.5 Å². The molecule has 1 aromatic carbocycles. The fraction of sp³-hybridized carbons (Fsp3) is 0.552. The lowest BCUT2D eigenvalue weighted by Crippen LogP contribution is -2.39. The van der Waals surface area contributed by atoms with Crippen molar-refractivity contribution in [1.29, 1.82) is 0 Å². The van der Waals surface area contributed by atoms with Gasteiger partial charge in [-0.25, -0.2) is 14.6 Å². The number of benzene rings is 1. The summed E-state index contributed by atoms with van der Waals surface area (Å²) < 4.78 is 5.36. The van der Waals surface area contributed by atoms with Gasteiger partial charge in [0.25, 0.3) is 0 Å². The van der Waals surface area contributed by atoms with Crippen molar-refractivity contribution in [2.75, 3.05) is 44.8 Å². The minimum absolute atomic E-state index is 0.177. The summed E-state index contributed by atoms with van der Waals surface area (Å²) in [5.41, 5.74) is 9.91. The third-order valence-electron chi connectivity index (χ3n) is 6.12. The Bertz CT molecular complexity index is 1110. The number of nitrogens with two attached hydrogens (primary N) is 1. The molecule has 0 amide bonds. The Balaban J connectivity index is 0.000000752. The van der Waals surface area contributed by atoms with Gasteiger partial charge in [-0.3, -0.25) is 4.79 Å². The average molecular weight is 592 g/mol. The van der Waals surface area contributed by atoms with Gasteiger partial charge < -0.3 is 41.1 Å². The molecule has 234 valence electrons. The first-order valence-electron chi connectivity index (χ1n) is 13.9. The Kier molecular flexibility index (Phi) is 16.7. The number of nitrogen functional groups attached to an aromatic ring is 1. The number of rotatable bonds is 17. The average Bonchev–Trinajstić information content (AvgIpc) is 2.92. The van der Waals surface area contributed by atoms with Crippen LogP contribution in [0, 0.1) is 6.92 Å². The lowest BCUT2D eigenvalue weighted by molar-refractivity contribution is -0.165. The summed E-state index contributed by atoms with van der Waals surface area (Å²) >= 11 is 0. The van der Waals surface area contributed by atoms with E-state index in [-0.39, 0.29) is 5.97 Å². The van der Waals surface area contributed by atoms with Crippen molar-refractivity contribution >= 4 is 29.7 Å². The summed E-state index contributed by atoms with van der Waals surface area (Å²) in [7, 11) is 4.09. The molecule has 0 aliphatic rings. The van der Waals surface area contributed by atoms with Gasteiger partial charge in [0.1, 0.15) is 5.82 Å². The van der Waals surface area contributed by atoms with E-state index in [1.807, 2.05) is 33.2 Å². The molecule has 7 N–H and O–H groups in total. The van der Waals surface area contributed by atoms with E-state index in [9.17, 15) is 14.4 Å². The Morgan fingerprint density at radius 3 is 2.10 bits per heavy atom. The molecule has 0 spiro atoms. The fourth-order valence-electron chi connectivity index (χ4n) is 3.74. The predicted octanol–water partition coefficient (Wildman–Crippen LogP) is 1.87. The number of aliphatic hydroxyl groups is 2. The highest BCUT2D eigenvalue weighted by Crippen LogP contribution is 2.22. The van der Waals surface area contributed by atoms with Gasteiger partial charge >= 0.3 is 17.9 Å². The number of ether oxygens (including phenoxy) is 1. The predicted molar refractivity (Wildman–Crippen MR) is 158 cm³/mol. The highest BCUT2D eigenvalue weighted by atomic mass is 16.5. The lowest BCUT2D eigenvalue weighted by atomic mass is 10.0. The second-order valence-electron chi connectivity index (χ2n) is 10.1. The topological polar surface area (TPSA) is 208 Å². The molecule has 0 radical (unpaired) electrons. The Hall–Kier alpha value is -3.81. The molecular weight excluding hydrogens is 546 g/mol. The molecule has 0 saturated heterocycles. The number of carbonyl (C=O) groups excluding carboxylic acids is 1. The first-order valence-corrected chi connectivity index (χ1v) is 13.9. The van der Waals surface area contributed by atoms with Crippen molar-refractivity contribution in [3.63, 3.8) is 0 Å². The number of hydrogen-bond donors (Lipinski definition) is 6. The highest BCUT2D eigenvalue weighted by molar-refractivity contribution is 5.83. The van der Waals surface area contributed by atoms with Gasteiger partial charge in [0.2, 0.25) is 5.95 Å². The molecule has 2 atom stereocenters. The summed E-state index contributed by atoms with van der Waals surface area (Å²) in [5.74, 6) is -2.61. The van der Waals surface area contributed by atoms with E-state index in [2.05, 4.69) is 39.2 Å². The maximum absolute atomic E-state index is 12.1. The lowest BCUT2D eigenvalue weighted by Gasteiger charge is -2.14. The van der Waals surface area contributed by atoms with E-state index in [4.69, 9.17) is 30.9 Å². The molecule has 1 aromatic heterocycles. The van der Waals surface area contributed by atoms with Gasteiger partial charge in [-0.05, 0) is 58.0 Å². The second-order valence-corrected chi connectivity index (χ2v) is 10.1. The van der Waals surface area contributed by atoms with Crippen LogP contribution in [-0.4, -0.2) is 99.2 Å². The third-order valence-corrected chi connectivity index (χ3v) is 6.12. The number of aromatic nitrogens is 2. The van der Waals surface area contributed by atoms with Crippen molar-refractivity contribution in [3.8, 4) is 0 Å². The van der Waals surface area contributed by atoms with Crippen molar-refractivity contribution in [3.05, 3.63) is 46.6 Å². The number of carboxylic acids is 2. The van der Waals surface area contributed by atoms with Crippen LogP contribution < -0.4 is 11.1 Å². The normalized spacial score (nSPS) is 12.2. The van der Waals surface area contributed by atoms with E-state index in [0.717, 1.165) is 60.6 Å². The molecule has 2 rings (SSSR count). The van der Waals surface area contributed by atoms with Gasteiger partial charge in [0.05, 0.1) is 13.0 Å². The zero-order chi connectivity index (χ0) is 31.7. The van der Waals surface area contributed by atoms with E-state index >= 15 is 0 Å². The van der Waals surface area contributed by atoms with E-state index < -0.39 is 24.1 Å². The van der Waals surface area contributed by atoms with Crippen LogP contribution in [0.15, 0.2) is 24.3 Å². The van der Waals surface area contributed by atoms with Crippen LogP contribution in [0.25, 0.3) is 0 Å². The maximum Gasteiger partial charge on any atom is 0.335 e. The Labute approximate surface area is 246 Å². The van der Waals surface area contributed by atoms with Crippen molar-refractivity contribution in [2.24, 2.45) is 0 Å². The zero-order valence-corrected chi connectivity index (χ0v) is 24.9. The SMILES string of the molecule is CCCCCNc1nc(N)nc(C)c1Cc1ccc(CC(=O)OCCCCN(C)C)cc1.O=C(O)[C@H](O)[C@@H](O)C(=O)O. The summed E-state index contributed by atoms with van der Waals surface area (Å²) in [4.78, 5) is 42.5. The maximum atomic E-state index is 12.1. The van der Waals surface area contributed by atoms with Gasteiger partial charge in [-0.2, -0.15) is 4.98 Å². The van der Waals surface area contributed by atoms with Crippen LogP contribution in [0.5, 0.6) is 0 Å². The number of hydrogen-bond acceptors (Lipinski definition) is 11. The third kappa shape index (κ3) is 14.2. The summed E-state index contributed by atoms with van der Waals surface area (Å²) in [5, 5.41) is 36.0. The van der Waals surface area contributed by atoms with Gasteiger partial charge in [-0.15, -0.1) is 0 Å². The largest absolute Gasteiger partial charge is 0.479 e. The number of unbranched alkanes of at least 4 members (excludes halogenated alkanes) is 3. The summed E-state index contributed by atoms with van der Waals surface area (Å²) in [6.45, 7) is 6.51. The van der Waals surface area contributed by atoms with Crippen molar-refractivity contribution in [2.45, 2.75) is 71.0 Å². The van der Waals surface area contributed by atoms with Gasteiger partial charge in [0, 0.05) is 24.2 Å². The van der Waals surface area contributed by atoms with Crippen LogP contribution in [0.2, 0.25) is 0 Å². The molecule has 1 heterocycles. The van der Waals surface area contributed by atoms with Gasteiger partial charge in [-0.1, -0.05) is 44.0 Å². The fourth-order valence-corrected chi connectivity index (χ4v) is 3.74. The van der Waals surface area contributed by atoms with E-state index in [0.29, 0.717) is 25.4 Å². The summed E-state index contributed by atoms with van der Waals surface area (Å²) in [6.07, 6.45) is 1.84. The Morgan fingerprint density at radius 2 is 1.55 bits per heavy atom. The van der Waals surface area contributed by atoms with Crippen LogP contribution in [0.4, 0.5) is 11.8 Å². The Morgan fingerprint density at radius 1 is 0.952 bits per heavy atom. The number of anilines is 2. The molecule has 13 nitrogen and oxygen atoms in total. The number of aliphatic hydroxyl groups excluding tert-OH is 2. The zero-order valence-electron chi connectivity index (χ0n) is 24.9. The summed E-state index contributed by atoms with van der Waals surface area (Å²) in [6, 6.07) is 8.08. The second kappa shape index (κ2) is 19.3. The molecule has 0 aliphatic heterocycles.